The zero-order valence-electron chi connectivity index (χ0n) is 9.27. The number of benzene rings is 2. The first-order chi connectivity index (χ1) is 8.29. The van der Waals surface area contributed by atoms with E-state index in [-0.39, 0.29) is 6.61 Å². The SMILES string of the molecule is OCc1ccccc1OCc1ccc(I)cc1. The highest BCUT2D eigenvalue weighted by atomic mass is 127. The van der Waals surface area contributed by atoms with Crippen LogP contribution in [0.5, 0.6) is 5.75 Å². The average molecular weight is 340 g/mol. The third-order valence-electron chi connectivity index (χ3n) is 2.45. The predicted octanol–water partition coefficient (Wildman–Crippen LogP) is 3.36. The molecule has 0 aliphatic heterocycles. The van der Waals surface area contributed by atoms with E-state index in [4.69, 9.17) is 4.74 Å². The van der Waals surface area contributed by atoms with E-state index in [1.165, 1.54) is 3.57 Å². The average Bonchev–Trinajstić information content (AvgIpc) is 2.38. The predicted molar refractivity (Wildman–Crippen MR) is 75.9 cm³/mol. The van der Waals surface area contributed by atoms with Crippen LogP contribution < -0.4 is 4.74 Å². The highest BCUT2D eigenvalue weighted by molar-refractivity contribution is 14.1. The van der Waals surface area contributed by atoms with E-state index >= 15 is 0 Å². The lowest BCUT2D eigenvalue weighted by molar-refractivity contribution is 0.259. The molecule has 0 atom stereocenters. The smallest absolute Gasteiger partial charge is 0.125 e. The van der Waals surface area contributed by atoms with E-state index in [0.29, 0.717) is 6.61 Å². The Hall–Kier alpha value is -1.07. The third kappa shape index (κ3) is 3.44. The van der Waals surface area contributed by atoms with Gasteiger partial charge in [0.1, 0.15) is 12.4 Å². The van der Waals surface area contributed by atoms with Crippen LogP contribution in [0.4, 0.5) is 0 Å². The highest BCUT2D eigenvalue weighted by Crippen LogP contribution is 2.19. The number of hydrogen-bond donors (Lipinski definition) is 1. The van der Waals surface area contributed by atoms with Gasteiger partial charge in [-0.1, -0.05) is 30.3 Å². The molecule has 2 aromatic rings. The molecule has 0 bridgehead atoms. The summed E-state index contributed by atoms with van der Waals surface area (Å²) in [5.41, 5.74) is 1.94. The molecule has 2 nitrogen and oxygen atoms in total. The van der Waals surface area contributed by atoms with Crippen molar-refractivity contribution in [2.45, 2.75) is 13.2 Å². The lowest BCUT2D eigenvalue weighted by Crippen LogP contribution is -1.98. The standard InChI is InChI=1S/C14H13IO2/c15-13-7-5-11(6-8-13)10-17-14-4-2-1-3-12(14)9-16/h1-8,16H,9-10H2. The molecule has 0 saturated carbocycles. The summed E-state index contributed by atoms with van der Waals surface area (Å²) in [6.45, 7) is 0.525. The molecular weight excluding hydrogens is 327 g/mol. The largest absolute Gasteiger partial charge is 0.489 e. The molecule has 2 rings (SSSR count). The van der Waals surface area contributed by atoms with E-state index in [2.05, 4.69) is 34.7 Å². The van der Waals surface area contributed by atoms with E-state index in [1.807, 2.05) is 36.4 Å². The molecule has 0 fully saturated rings. The molecule has 0 amide bonds. The van der Waals surface area contributed by atoms with Crippen molar-refractivity contribution < 1.29 is 9.84 Å². The Morgan fingerprint density at radius 3 is 2.41 bits per heavy atom. The molecule has 0 unspecified atom stereocenters. The van der Waals surface area contributed by atoms with Gasteiger partial charge < -0.3 is 9.84 Å². The van der Waals surface area contributed by atoms with Gasteiger partial charge in [0, 0.05) is 9.13 Å². The Morgan fingerprint density at radius 1 is 1.00 bits per heavy atom. The number of aliphatic hydroxyl groups is 1. The Morgan fingerprint density at radius 2 is 1.71 bits per heavy atom. The lowest BCUT2D eigenvalue weighted by atomic mass is 10.2. The van der Waals surface area contributed by atoms with Gasteiger partial charge in [-0.2, -0.15) is 0 Å². The van der Waals surface area contributed by atoms with Crippen molar-refractivity contribution in [2.24, 2.45) is 0 Å². The normalized spacial score (nSPS) is 10.2. The monoisotopic (exact) mass is 340 g/mol. The van der Waals surface area contributed by atoms with Crippen molar-refractivity contribution in [3.8, 4) is 5.75 Å². The van der Waals surface area contributed by atoms with Crippen molar-refractivity contribution in [1.29, 1.82) is 0 Å². The van der Waals surface area contributed by atoms with E-state index in [9.17, 15) is 5.11 Å². The summed E-state index contributed by atoms with van der Waals surface area (Å²) in [6.07, 6.45) is 0. The highest BCUT2D eigenvalue weighted by Gasteiger charge is 2.01. The molecular formula is C14H13IO2. The first-order valence-corrected chi connectivity index (χ1v) is 6.43. The second-order valence-electron chi connectivity index (χ2n) is 3.68. The minimum Gasteiger partial charge on any atom is -0.489 e. The molecule has 0 aliphatic rings. The first kappa shape index (κ1) is 12.4. The second kappa shape index (κ2) is 6.02. The first-order valence-electron chi connectivity index (χ1n) is 5.35. The van der Waals surface area contributed by atoms with Crippen LogP contribution in [-0.4, -0.2) is 5.11 Å². The number of rotatable bonds is 4. The number of para-hydroxylation sites is 1. The van der Waals surface area contributed by atoms with Crippen LogP contribution in [0.2, 0.25) is 0 Å². The maximum atomic E-state index is 9.17. The maximum absolute atomic E-state index is 9.17. The van der Waals surface area contributed by atoms with Crippen LogP contribution in [0.1, 0.15) is 11.1 Å². The molecule has 0 aliphatic carbocycles. The van der Waals surface area contributed by atoms with E-state index in [0.717, 1.165) is 16.9 Å². The minimum absolute atomic E-state index is 0.00284. The fourth-order valence-electron chi connectivity index (χ4n) is 1.52. The van der Waals surface area contributed by atoms with E-state index < -0.39 is 0 Å². The molecule has 88 valence electrons. The van der Waals surface area contributed by atoms with Crippen molar-refractivity contribution >= 4 is 22.6 Å². The zero-order valence-corrected chi connectivity index (χ0v) is 11.4. The molecule has 2 aromatic carbocycles. The summed E-state index contributed by atoms with van der Waals surface area (Å²) in [4.78, 5) is 0. The lowest BCUT2D eigenvalue weighted by Gasteiger charge is -2.09. The second-order valence-corrected chi connectivity index (χ2v) is 4.93. The van der Waals surface area contributed by atoms with Gasteiger partial charge in [-0.25, -0.2) is 0 Å². The van der Waals surface area contributed by atoms with Gasteiger partial charge in [0.2, 0.25) is 0 Å². The minimum atomic E-state index is 0.00284. The summed E-state index contributed by atoms with van der Waals surface area (Å²) in [7, 11) is 0. The molecule has 17 heavy (non-hydrogen) atoms. The Balaban J connectivity index is 2.04. The van der Waals surface area contributed by atoms with Gasteiger partial charge in [0.05, 0.1) is 6.61 Å². The van der Waals surface area contributed by atoms with Gasteiger partial charge in [0.25, 0.3) is 0 Å². The number of hydrogen-bond acceptors (Lipinski definition) is 2. The molecule has 3 heteroatoms. The van der Waals surface area contributed by atoms with Crippen molar-refractivity contribution in [3.63, 3.8) is 0 Å². The summed E-state index contributed by atoms with van der Waals surface area (Å²) < 4.78 is 6.90. The topological polar surface area (TPSA) is 29.5 Å². The van der Waals surface area contributed by atoms with Gasteiger partial charge >= 0.3 is 0 Å². The summed E-state index contributed by atoms with van der Waals surface area (Å²) >= 11 is 2.27. The quantitative estimate of drug-likeness (QED) is 0.865. The number of ether oxygens (including phenoxy) is 1. The maximum Gasteiger partial charge on any atom is 0.125 e. The summed E-state index contributed by atoms with van der Waals surface area (Å²) in [6, 6.07) is 15.7. The van der Waals surface area contributed by atoms with E-state index in [1.54, 1.807) is 0 Å². The summed E-state index contributed by atoms with van der Waals surface area (Å²) in [5.74, 6) is 0.744. The van der Waals surface area contributed by atoms with Crippen LogP contribution in [0.3, 0.4) is 0 Å². The van der Waals surface area contributed by atoms with Gasteiger partial charge in [-0.3, -0.25) is 0 Å². The Labute approximate surface area is 114 Å². The fraction of sp³-hybridized carbons (Fsp3) is 0.143. The van der Waals surface area contributed by atoms with Crippen LogP contribution >= 0.6 is 22.6 Å². The molecule has 0 saturated heterocycles. The summed E-state index contributed by atoms with van der Waals surface area (Å²) in [5, 5.41) is 9.17. The molecule has 0 radical (unpaired) electrons. The van der Waals surface area contributed by atoms with Crippen LogP contribution in [0, 0.1) is 3.57 Å². The Bertz CT molecular complexity index is 480. The molecule has 0 spiro atoms. The molecule has 0 heterocycles. The van der Waals surface area contributed by atoms with Crippen molar-refractivity contribution in [2.75, 3.05) is 0 Å². The Kier molecular flexibility index (Phi) is 4.39. The van der Waals surface area contributed by atoms with Crippen molar-refractivity contribution in [3.05, 3.63) is 63.2 Å². The van der Waals surface area contributed by atoms with Gasteiger partial charge in [-0.15, -0.1) is 0 Å². The van der Waals surface area contributed by atoms with Gasteiger partial charge in [-0.05, 0) is 46.4 Å². The third-order valence-corrected chi connectivity index (χ3v) is 3.17. The van der Waals surface area contributed by atoms with Crippen LogP contribution in [-0.2, 0) is 13.2 Å². The van der Waals surface area contributed by atoms with Gasteiger partial charge in [0.15, 0.2) is 0 Å². The molecule has 1 N–H and O–H groups in total. The van der Waals surface area contributed by atoms with Crippen LogP contribution in [0.15, 0.2) is 48.5 Å². The fourth-order valence-corrected chi connectivity index (χ4v) is 1.88. The zero-order chi connectivity index (χ0) is 12.1. The number of aliphatic hydroxyl groups excluding tert-OH is 1. The van der Waals surface area contributed by atoms with Crippen LogP contribution in [0.25, 0.3) is 0 Å². The van der Waals surface area contributed by atoms with Crippen molar-refractivity contribution in [1.82, 2.24) is 0 Å². The number of halogens is 1. The molecule has 0 aromatic heterocycles.